The van der Waals surface area contributed by atoms with Gasteiger partial charge in [-0.2, -0.15) is 0 Å². The summed E-state index contributed by atoms with van der Waals surface area (Å²) in [6, 6.07) is 4.96. The third-order valence-corrected chi connectivity index (χ3v) is 4.32. The number of hydrogen-bond donors (Lipinski definition) is 2. The van der Waals surface area contributed by atoms with Gasteiger partial charge >= 0.3 is 0 Å². The molecule has 1 aromatic carbocycles. The van der Waals surface area contributed by atoms with Crippen molar-refractivity contribution in [3.63, 3.8) is 0 Å². The van der Waals surface area contributed by atoms with Crippen molar-refractivity contribution in [2.45, 2.75) is 84.0 Å². The van der Waals surface area contributed by atoms with E-state index in [4.69, 9.17) is 0 Å². The highest BCUT2D eigenvalue weighted by atomic mass is 16.3. The lowest BCUT2D eigenvalue weighted by molar-refractivity contribution is 0.435. The number of rotatable bonds is 13. The maximum Gasteiger partial charge on any atom is 0.122 e. The first-order valence-electron chi connectivity index (χ1n) is 9.40. The summed E-state index contributed by atoms with van der Waals surface area (Å²) in [4.78, 5) is 0. The van der Waals surface area contributed by atoms with E-state index < -0.39 is 0 Å². The zero-order valence-electron chi connectivity index (χ0n) is 14.8. The molecule has 1 rings (SSSR count). The van der Waals surface area contributed by atoms with Gasteiger partial charge in [0.05, 0.1) is 0 Å². The van der Waals surface area contributed by atoms with Crippen molar-refractivity contribution in [3.8, 4) is 11.5 Å². The van der Waals surface area contributed by atoms with E-state index in [1.54, 1.807) is 18.2 Å². The van der Waals surface area contributed by atoms with Gasteiger partial charge in [-0.1, -0.05) is 63.7 Å². The standard InChI is InChI=1S/C21H34O2/c1-2-3-4-5-6-7-8-9-10-11-12-13-14-16-19-20(22)17-15-18-21(19)23/h7-8,15,17-18,22-23H,2-6,9-14,16H2,1H3. The molecule has 0 saturated carbocycles. The average molecular weight is 319 g/mol. The maximum atomic E-state index is 9.71. The van der Waals surface area contributed by atoms with Gasteiger partial charge in [0.2, 0.25) is 0 Å². The molecule has 2 N–H and O–H groups in total. The normalized spacial score (nSPS) is 11.3. The molecule has 0 heterocycles. The van der Waals surface area contributed by atoms with Crippen molar-refractivity contribution in [1.29, 1.82) is 0 Å². The van der Waals surface area contributed by atoms with Crippen LogP contribution in [0.1, 0.15) is 83.1 Å². The number of benzene rings is 1. The molecule has 0 aliphatic carbocycles. The highest BCUT2D eigenvalue weighted by Gasteiger charge is 2.05. The molecule has 0 aliphatic rings. The van der Waals surface area contributed by atoms with Crippen LogP contribution in [0.25, 0.3) is 0 Å². The van der Waals surface area contributed by atoms with Crippen LogP contribution in [0.5, 0.6) is 11.5 Å². The van der Waals surface area contributed by atoms with Crippen molar-refractivity contribution in [1.82, 2.24) is 0 Å². The van der Waals surface area contributed by atoms with E-state index in [0.717, 1.165) is 19.3 Å². The third kappa shape index (κ3) is 9.32. The molecule has 0 unspecified atom stereocenters. The van der Waals surface area contributed by atoms with Crippen molar-refractivity contribution in [2.75, 3.05) is 0 Å². The lowest BCUT2D eigenvalue weighted by Crippen LogP contribution is -1.88. The van der Waals surface area contributed by atoms with Crippen LogP contribution < -0.4 is 0 Å². The summed E-state index contributed by atoms with van der Waals surface area (Å²) < 4.78 is 0. The highest BCUT2D eigenvalue weighted by Crippen LogP contribution is 2.28. The van der Waals surface area contributed by atoms with Gasteiger partial charge in [-0.3, -0.25) is 0 Å². The summed E-state index contributed by atoms with van der Waals surface area (Å²) in [5.74, 6) is 0.433. The summed E-state index contributed by atoms with van der Waals surface area (Å²) in [7, 11) is 0. The second kappa shape index (κ2) is 13.0. The van der Waals surface area contributed by atoms with Gasteiger partial charge in [0, 0.05) is 5.56 Å². The number of aromatic hydroxyl groups is 2. The van der Waals surface area contributed by atoms with E-state index in [1.807, 2.05) is 0 Å². The van der Waals surface area contributed by atoms with E-state index >= 15 is 0 Å². The van der Waals surface area contributed by atoms with E-state index in [9.17, 15) is 10.2 Å². The monoisotopic (exact) mass is 318 g/mol. The van der Waals surface area contributed by atoms with Crippen molar-refractivity contribution >= 4 is 0 Å². The summed E-state index contributed by atoms with van der Waals surface area (Å²) in [5.41, 5.74) is 0.693. The fourth-order valence-corrected chi connectivity index (χ4v) is 2.84. The highest BCUT2D eigenvalue weighted by molar-refractivity contribution is 5.42. The van der Waals surface area contributed by atoms with Crippen LogP contribution in [-0.4, -0.2) is 10.2 Å². The quantitative estimate of drug-likeness (QED) is 0.321. The number of unbranched alkanes of at least 4 members (excludes halogenated alkanes) is 9. The number of phenolic OH excluding ortho intramolecular Hbond substituents is 2. The molecule has 0 atom stereocenters. The number of phenols is 2. The molecule has 0 saturated heterocycles. The summed E-state index contributed by atoms with van der Waals surface area (Å²) >= 11 is 0. The zero-order chi connectivity index (χ0) is 16.8. The topological polar surface area (TPSA) is 40.5 Å². The first kappa shape index (κ1) is 19.6. The molecule has 23 heavy (non-hydrogen) atoms. The molecular formula is C21H34O2. The summed E-state index contributed by atoms with van der Waals surface area (Å²) in [5, 5.41) is 19.4. The molecule has 130 valence electrons. The third-order valence-electron chi connectivity index (χ3n) is 4.32. The lowest BCUT2D eigenvalue weighted by atomic mass is 10.0. The minimum Gasteiger partial charge on any atom is -0.508 e. The molecule has 0 bridgehead atoms. The Morgan fingerprint density at radius 3 is 1.87 bits per heavy atom. The van der Waals surface area contributed by atoms with Gasteiger partial charge in [-0.05, 0) is 50.7 Å². The predicted octanol–water partition coefficient (Wildman–Crippen LogP) is 6.51. The zero-order valence-corrected chi connectivity index (χ0v) is 14.8. The molecule has 0 amide bonds. The lowest BCUT2D eigenvalue weighted by Gasteiger charge is -2.06. The van der Waals surface area contributed by atoms with Gasteiger partial charge < -0.3 is 10.2 Å². The van der Waals surface area contributed by atoms with Crippen molar-refractivity contribution < 1.29 is 10.2 Å². The molecule has 2 heteroatoms. The van der Waals surface area contributed by atoms with Gasteiger partial charge in [-0.25, -0.2) is 0 Å². The second-order valence-electron chi connectivity index (χ2n) is 6.40. The van der Waals surface area contributed by atoms with Crippen LogP contribution in [0.3, 0.4) is 0 Å². The van der Waals surface area contributed by atoms with Crippen LogP contribution in [0.4, 0.5) is 0 Å². The molecule has 0 aliphatic heterocycles. The Bertz CT molecular complexity index is 417. The minimum atomic E-state index is 0.217. The van der Waals surface area contributed by atoms with Crippen LogP contribution in [-0.2, 0) is 6.42 Å². The van der Waals surface area contributed by atoms with Gasteiger partial charge in [0.15, 0.2) is 0 Å². The first-order valence-corrected chi connectivity index (χ1v) is 9.40. The van der Waals surface area contributed by atoms with E-state index in [-0.39, 0.29) is 11.5 Å². The molecular weight excluding hydrogens is 284 g/mol. The van der Waals surface area contributed by atoms with Gasteiger partial charge in [-0.15, -0.1) is 0 Å². The molecule has 1 aromatic rings. The number of hydrogen-bond acceptors (Lipinski definition) is 2. The average Bonchev–Trinajstić information content (AvgIpc) is 2.54. The molecule has 0 fully saturated rings. The molecule has 0 radical (unpaired) electrons. The minimum absolute atomic E-state index is 0.217. The Balaban J connectivity index is 1.95. The number of allylic oxidation sites excluding steroid dienone is 2. The predicted molar refractivity (Wildman–Crippen MR) is 99.1 cm³/mol. The Kier molecular flexibility index (Phi) is 11.1. The van der Waals surface area contributed by atoms with Crippen molar-refractivity contribution in [2.24, 2.45) is 0 Å². The van der Waals surface area contributed by atoms with E-state index in [1.165, 1.54) is 57.8 Å². The SMILES string of the molecule is CCCCCCC=CCCCCCCCc1c(O)cccc1O. The molecule has 0 aromatic heterocycles. The Hall–Kier alpha value is -1.44. The Labute approximate surface area is 142 Å². The van der Waals surface area contributed by atoms with Gasteiger partial charge in [0.1, 0.15) is 11.5 Å². The second-order valence-corrected chi connectivity index (χ2v) is 6.40. The van der Waals surface area contributed by atoms with Crippen LogP contribution in [0.2, 0.25) is 0 Å². The summed E-state index contributed by atoms with van der Waals surface area (Å²) in [6.07, 6.45) is 19.2. The maximum absolute atomic E-state index is 9.71. The largest absolute Gasteiger partial charge is 0.508 e. The van der Waals surface area contributed by atoms with E-state index in [0.29, 0.717) is 5.56 Å². The Morgan fingerprint density at radius 1 is 0.739 bits per heavy atom. The van der Waals surface area contributed by atoms with Crippen LogP contribution in [0, 0.1) is 0 Å². The van der Waals surface area contributed by atoms with Crippen LogP contribution >= 0.6 is 0 Å². The fourth-order valence-electron chi connectivity index (χ4n) is 2.84. The molecule has 0 spiro atoms. The fraction of sp³-hybridized carbons (Fsp3) is 0.619. The van der Waals surface area contributed by atoms with Gasteiger partial charge in [0.25, 0.3) is 0 Å². The first-order chi connectivity index (χ1) is 11.3. The van der Waals surface area contributed by atoms with Crippen LogP contribution in [0.15, 0.2) is 30.4 Å². The summed E-state index contributed by atoms with van der Waals surface area (Å²) in [6.45, 7) is 2.25. The van der Waals surface area contributed by atoms with E-state index in [2.05, 4.69) is 19.1 Å². The smallest absolute Gasteiger partial charge is 0.122 e. The Morgan fingerprint density at radius 2 is 1.26 bits per heavy atom. The molecule has 2 nitrogen and oxygen atoms in total. The van der Waals surface area contributed by atoms with Crippen molar-refractivity contribution in [3.05, 3.63) is 35.9 Å².